The zero-order valence-corrected chi connectivity index (χ0v) is 18.0. The first kappa shape index (κ1) is 20.9. The Labute approximate surface area is 183 Å². The Hall–Kier alpha value is -2.80. The fourth-order valence-electron chi connectivity index (χ4n) is 2.54. The number of thiophene rings is 1. The number of nitrogens with zero attached hydrogens (tertiary/aromatic N) is 4. The summed E-state index contributed by atoms with van der Waals surface area (Å²) >= 11 is 10.8. The summed E-state index contributed by atoms with van der Waals surface area (Å²) in [6.45, 7) is 0.647. The van der Waals surface area contributed by atoms with Crippen molar-refractivity contribution >= 4 is 60.2 Å². The minimum absolute atomic E-state index is 0.122. The van der Waals surface area contributed by atoms with Crippen molar-refractivity contribution in [1.82, 2.24) is 0 Å². The fraction of sp³-hybridized carbons (Fsp3) is 0.105. The average Bonchev–Trinajstić information content (AvgIpc) is 3.09. The lowest BCUT2D eigenvalue weighted by molar-refractivity contribution is -0.384. The van der Waals surface area contributed by atoms with Crippen molar-refractivity contribution < 1.29 is 4.92 Å². The van der Waals surface area contributed by atoms with Gasteiger partial charge in [0.05, 0.1) is 15.5 Å². The summed E-state index contributed by atoms with van der Waals surface area (Å²) in [7, 11) is 0. The normalized spacial score (nSPS) is 10.8. The summed E-state index contributed by atoms with van der Waals surface area (Å²) < 4.78 is 0. The van der Waals surface area contributed by atoms with Crippen LogP contribution in [0.4, 0.5) is 21.4 Å². The molecule has 0 saturated carbocycles. The second-order valence-corrected chi connectivity index (χ2v) is 7.87. The zero-order valence-electron chi connectivity index (χ0n) is 14.8. The predicted molar refractivity (Wildman–Crippen MR) is 119 cm³/mol. The number of hydrogen-bond donors (Lipinski definition) is 1. The fourth-order valence-corrected chi connectivity index (χ4v) is 3.98. The maximum atomic E-state index is 10.9. The van der Waals surface area contributed by atoms with Crippen LogP contribution in [0.2, 0.25) is 5.02 Å². The smallest absolute Gasteiger partial charge is 0.271 e. The van der Waals surface area contributed by atoms with Gasteiger partial charge in [-0.15, -0.1) is 10.2 Å². The van der Waals surface area contributed by atoms with Crippen LogP contribution < -0.4 is 5.32 Å². The Balaban J connectivity index is 2.06. The lowest BCUT2D eigenvalue weighted by Gasteiger charge is -2.02. The SMILES string of the molecule is N#Cc1c(NCCBr)sc(N=Nc2ccc([N+](=O)[O-])cc2Cl)c1-c1ccccc1. The third-order valence-electron chi connectivity index (χ3n) is 3.83. The second-order valence-electron chi connectivity index (χ2n) is 5.67. The number of hydrogen-bond acceptors (Lipinski definition) is 7. The van der Waals surface area contributed by atoms with Gasteiger partial charge in [-0.1, -0.05) is 69.2 Å². The Kier molecular flexibility index (Phi) is 6.93. The van der Waals surface area contributed by atoms with Crippen LogP contribution in [0.3, 0.4) is 0 Å². The van der Waals surface area contributed by atoms with E-state index < -0.39 is 4.92 Å². The minimum Gasteiger partial charge on any atom is -0.375 e. The average molecular weight is 491 g/mol. The first-order valence-electron chi connectivity index (χ1n) is 8.33. The number of halogens is 2. The van der Waals surface area contributed by atoms with Crippen molar-refractivity contribution in [1.29, 1.82) is 5.26 Å². The molecular formula is C19H13BrClN5O2S. The summed E-state index contributed by atoms with van der Waals surface area (Å²) in [5.41, 5.74) is 2.19. The largest absolute Gasteiger partial charge is 0.375 e. The van der Waals surface area contributed by atoms with Gasteiger partial charge in [-0.25, -0.2) is 0 Å². The van der Waals surface area contributed by atoms with Crippen LogP contribution >= 0.6 is 38.9 Å². The van der Waals surface area contributed by atoms with E-state index in [1.54, 1.807) is 0 Å². The lowest BCUT2D eigenvalue weighted by Crippen LogP contribution is -2.01. The molecule has 1 N–H and O–H groups in total. The van der Waals surface area contributed by atoms with E-state index in [-0.39, 0.29) is 10.7 Å². The van der Waals surface area contributed by atoms with E-state index in [0.29, 0.717) is 33.4 Å². The molecule has 0 spiro atoms. The molecule has 3 rings (SSSR count). The van der Waals surface area contributed by atoms with Crippen molar-refractivity contribution in [3.8, 4) is 17.2 Å². The van der Waals surface area contributed by atoms with Crippen LogP contribution in [-0.4, -0.2) is 16.8 Å². The Morgan fingerprint density at radius 2 is 2.00 bits per heavy atom. The van der Waals surface area contributed by atoms with Crippen molar-refractivity contribution in [2.45, 2.75) is 0 Å². The molecule has 2 aromatic carbocycles. The highest BCUT2D eigenvalue weighted by molar-refractivity contribution is 9.09. The van der Waals surface area contributed by atoms with Gasteiger partial charge in [0.1, 0.15) is 21.8 Å². The van der Waals surface area contributed by atoms with Gasteiger partial charge in [-0.2, -0.15) is 5.26 Å². The van der Waals surface area contributed by atoms with Crippen molar-refractivity contribution in [2.24, 2.45) is 10.2 Å². The molecule has 3 aromatic rings. The summed E-state index contributed by atoms with van der Waals surface area (Å²) in [5, 5.41) is 34.4. The summed E-state index contributed by atoms with van der Waals surface area (Å²) in [5.74, 6) is 0. The molecule has 0 aliphatic carbocycles. The van der Waals surface area contributed by atoms with Gasteiger partial charge in [-0.3, -0.25) is 10.1 Å². The molecule has 0 bridgehead atoms. The molecule has 7 nitrogen and oxygen atoms in total. The number of anilines is 1. The molecule has 10 heteroatoms. The molecule has 0 amide bonds. The van der Waals surface area contributed by atoms with E-state index in [1.165, 1.54) is 29.5 Å². The van der Waals surface area contributed by atoms with Gasteiger partial charge in [0.15, 0.2) is 0 Å². The molecule has 0 atom stereocenters. The van der Waals surface area contributed by atoms with E-state index >= 15 is 0 Å². The molecule has 0 aliphatic rings. The molecule has 0 unspecified atom stereocenters. The number of non-ortho nitro benzene ring substituents is 1. The highest BCUT2D eigenvalue weighted by Gasteiger charge is 2.20. The second kappa shape index (κ2) is 9.60. The van der Waals surface area contributed by atoms with Gasteiger partial charge in [-0.05, 0) is 11.6 Å². The van der Waals surface area contributed by atoms with E-state index in [2.05, 4.69) is 37.5 Å². The molecule has 146 valence electrons. The van der Waals surface area contributed by atoms with Gasteiger partial charge < -0.3 is 5.32 Å². The Bertz CT molecular complexity index is 1110. The maximum Gasteiger partial charge on any atom is 0.271 e. The quantitative estimate of drug-likeness (QED) is 0.165. The van der Waals surface area contributed by atoms with Crippen molar-refractivity contribution in [3.63, 3.8) is 0 Å². The topological polar surface area (TPSA) is 104 Å². The van der Waals surface area contributed by atoms with Crippen LogP contribution in [-0.2, 0) is 0 Å². The third-order valence-corrected chi connectivity index (χ3v) is 5.57. The Morgan fingerprint density at radius 3 is 2.62 bits per heavy atom. The molecular weight excluding hydrogens is 478 g/mol. The summed E-state index contributed by atoms with van der Waals surface area (Å²) in [6, 6.07) is 15.7. The number of nitrogens with one attached hydrogen (secondary N) is 1. The molecule has 1 heterocycles. The molecule has 0 fully saturated rings. The van der Waals surface area contributed by atoms with Gasteiger partial charge in [0.25, 0.3) is 5.69 Å². The minimum atomic E-state index is -0.527. The van der Waals surface area contributed by atoms with E-state index in [4.69, 9.17) is 11.6 Å². The molecule has 0 saturated heterocycles. The van der Waals surface area contributed by atoms with Crippen LogP contribution in [0.1, 0.15) is 5.56 Å². The zero-order chi connectivity index (χ0) is 20.8. The first-order chi connectivity index (χ1) is 14.0. The summed E-state index contributed by atoms with van der Waals surface area (Å²) in [6.07, 6.45) is 0. The number of azo groups is 1. The number of nitro groups is 1. The van der Waals surface area contributed by atoms with Crippen molar-refractivity contribution in [2.75, 3.05) is 17.2 Å². The molecule has 1 aromatic heterocycles. The van der Waals surface area contributed by atoms with Gasteiger partial charge >= 0.3 is 0 Å². The van der Waals surface area contributed by atoms with E-state index in [9.17, 15) is 15.4 Å². The van der Waals surface area contributed by atoms with Gasteiger partial charge in [0, 0.05) is 29.6 Å². The molecule has 0 radical (unpaired) electrons. The summed E-state index contributed by atoms with van der Waals surface area (Å²) in [4.78, 5) is 10.3. The van der Waals surface area contributed by atoms with E-state index in [1.807, 2.05) is 30.3 Å². The van der Waals surface area contributed by atoms with Crippen LogP contribution in [0.15, 0.2) is 58.8 Å². The highest BCUT2D eigenvalue weighted by Crippen LogP contribution is 2.46. The van der Waals surface area contributed by atoms with Crippen LogP contribution in [0.25, 0.3) is 11.1 Å². The molecule has 29 heavy (non-hydrogen) atoms. The lowest BCUT2D eigenvalue weighted by atomic mass is 10.0. The van der Waals surface area contributed by atoms with Gasteiger partial charge in [0.2, 0.25) is 0 Å². The standard InChI is InChI=1S/C19H13BrClN5O2S/c20-8-9-23-18-14(11-22)17(12-4-2-1-3-5-12)19(29-18)25-24-16-7-6-13(26(27)28)10-15(16)21/h1-7,10,23H,8-9H2. The third kappa shape index (κ3) is 4.79. The number of nitriles is 1. The van der Waals surface area contributed by atoms with Crippen molar-refractivity contribution in [3.05, 3.63) is 69.2 Å². The highest BCUT2D eigenvalue weighted by atomic mass is 79.9. The van der Waals surface area contributed by atoms with Crippen LogP contribution in [0, 0.1) is 21.4 Å². The maximum absolute atomic E-state index is 10.9. The molecule has 0 aliphatic heterocycles. The monoisotopic (exact) mass is 489 g/mol. The predicted octanol–water partition coefficient (Wildman–Crippen LogP) is 7.07. The number of alkyl halides is 1. The van der Waals surface area contributed by atoms with Crippen LogP contribution in [0.5, 0.6) is 0 Å². The first-order valence-corrected chi connectivity index (χ1v) is 10.6. The number of rotatable bonds is 7. The Morgan fingerprint density at radius 1 is 1.24 bits per heavy atom. The number of benzene rings is 2. The number of nitro benzene ring substituents is 1. The van der Waals surface area contributed by atoms with E-state index in [0.717, 1.165) is 10.9 Å².